The molecule has 7 nitrogen and oxygen atoms in total. The van der Waals surface area contributed by atoms with E-state index in [-0.39, 0.29) is 6.10 Å². The summed E-state index contributed by atoms with van der Waals surface area (Å²) in [6.07, 6.45) is -2.96. The first-order valence-corrected chi connectivity index (χ1v) is 7.04. The highest BCUT2D eigenvalue weighted by molar-refractivity contribution is 4.99. The fourth-order valence-corrected chi connectivity index (χ4v) is 2.50. The van der Waals surface area contributed by atoms with E-state index in [4.69, 9.17) is 9.47 Å². The average molecular weight is 298 g/mol. The minimum atomic E-state index is -1.21. The Morgan fingerprint density at radius 2 is 2.00 bits per heavy atom. The molecular weight excluding hydrogens is 276 g/mol. The number of hydrogen-bond acceptors (Lipinski definition) is 6. The van der Waals surface area contributed by atoms with Crippen molar-refractivity contribution in [2.24, 2.45) is 0 Å². The quantitative estimate of drug-likeness (QED) is 0.811. The van der Waals surface area contributed by atoms with E-state index in [0.29, 0.717) is 5.69 Å². The molecule has 1 saturated heterocycles. The first-order chi connectivity index (χ1) is 9.81. The van der Waals surface area contributed by atoms with Crippen molar-refractivity contribution in [3.05, 3.63) is 28.4 Å². The molecule has 0 bridgehead atoms. The Labute approximate surface area is 123 Å². The average Bonchev–Trinajstić information content (AvgIpc) is 2.66. The van der Waals surface area contributed by atoms with Crippen LogP contribution in [0.4, 0.5) is 0 Å². The van der Waals surface area contributed by atoms with E-state index in [2.05, 4.69) is 4.98 Å². The first-order valence-electron chi connectivity index (χ1n) is 7.04. The van der Waals surface area contributed by atoms with Crippen LogP contribution in [-0.4, -0.2) is 50.3 Å². The van der Waals surface area contributed by atoms with Gasteiger partial charge < -0.3 is 19.7 Å². The molecule has 118 valence electrons. The van der Waals surface area contributed by atoms with Gasteiger partial charge in [0.05, 0.1) is 12.2 Å². The van der Waals surface area contributed by atoms with Gasteiger partial charge in [-0.15, -0.1) is 0 Å². The van der Waals surface area contributed by atoms with Crippen molar-refractivity contribution in [1.29, 1.82) is 0 Å². The summed E-state index contributed by atoms with van der Waals surface area (Å²) in [6, 6.07) is 1.64. The molecule has 2 heterocycles. The zero-order chi connectivity index (χ0) is 15.7. The van der Waals surface area contributed by atoms with E-state index in [0.717, 1.165) is 0 Å². The summed E-state index contributed by atoms with van der Waals surface area (Å²) < 4.78 is 12.4. The minimum absolute atomic E-state index is 0.0317. The predicted octanol–water partition coefficient (Wildman–Crippen LogP) is -0.0156. The standard InChI is InChI=1S/C14H22N2O5/c1-7(2)20-9(4)12-10(17)11(18)13(21-12)16-6-5-8(3)15-14(16)19/h5-7,9-13,17-18H,1-4H3/t9?,10-,11-,12+,13+/m0/s1. The Bertz CT molecular complexity index is 544. The van der Waals surface area contributed by atoms with Crippen LogP contribution in [0.5, 0.6) is 0 Å². The van der Waals surface area contributed by atoms with Gasteiger partial charge in [-0.3, -0.25) is 4.57 Å². The maximum atomic E-state index is 11.9. The van der Waals surface area contributed by atoms with Crippen molar-refractivity contribution in [3.63, 3.8) is 0 Å². The summed E-state index contributed by atoms with van der Waals surface area (Å²) >= 11 is 0. The number of nitrogens with zero attached hydrogens (tertiary/aromatic N) is 2. The molecule has 1 unspecified atom stereocenters. The summed E-state index contributed by atoms with van der Waals surface area (Å²) in [6.45, 7) is 7.22. The third-order valence-corrected chi connectivity index (χ3v) is 3.47. The zero-order valence-corrected chi connectivity index (χ0v) is 12.6. The number of aromatic nitrogens is 2. The molecule has 1 fully saturated rings. The summed E-state index contributed by atoms with van der Waals surface area (Å²) in [5.74, 6) is 0. The SMILES string of the molecule is Cc1ccn([C@@H]2O[C@H](C(C)OC(C)C)[C@@H](O)[C@@H]2O)c(=O)n1. The third-order valence-electron chi connectivity index (χ3n) is 3.47. The fraction of sp³-hybridized carbons (Fsp3) is 0.714. The number of aryl methyl sites for hydroxylation is 1. The lowest BCUT2D eigenvalue weighted by atomic mass is 10.1. The highest BCUT2D eigenvalue weighted by Gasteiger charge is 2.46. The van der Waals surface area contributed by atoms with Gasteiger partial charge in [0.1, 0.15) is 18.3 Å². The van der Waals surface area contributed by atoms with E-state index in [1.807, 2.05) is 13.8 Å². The Kier molecular flexibility index (Phi) is 4.77. The van der Waals surface area contributed by atoms with Crippen LogP contribution in [0.2, 0.25) is 0 Å². The van der Waals surface area contributed by atoms with Crippen molar-refractivity contribution >= 4 is 0 Å². The number of aliphatic hydroxyl groups excluding tert-OH is 2. The Balaban J connectivity index is 2.21. The summed E-state index contributed by atoms with van der Waals surface area (Å²) in [5.41, 5.74) is 0.0571. The van der Waals surface area contributed by atoms with Crippen LogP contribution in [-0.2, 0) is 9.47 Å². The molecule has 0 aliphatic carbocycles. The molecule has 1 aliphatic rings. The van der Waals surface area contributed by atoms with Gasteiger partial charge in [0.15, 0.2) is 6.23 Å². The Hall–Kier alpha value is -1.28. The molecule has 0 aromatic carbocycles. The van der Waals surface area contributed by atoms with Gasteiger partial charge in [-0.1, -0.05) is 0 Å². The minimum Gasteiger partial charge on any atom is -0.387 e. The molecule has 2 N–H and O–H groups in total. The van der Waals surface area contributed by atoms with E-state index in [1.165, 1.54) is 10.8 Å². The maximum Gasteiger partial charge on any atom is 0.349 e. The third kappa shape index (κ3) is 3.32. The second-order valence-electron chi connectivity index (χ2n) is 5.62. The molecule has 1 aliphatic heterocycles. The van der Waals surface area contributed by atoms with Crippen molar-refractivity contribution in [3.8, 4) is 0 Å². The fourth-order valence-electron chi connectivity index (χ4n) is 2.50. The van der Waals surface area contributed by atoms with Gasteiger partial charge in [-0.2, -0.15) is 4.98 Å². The topological polar surface area (TPSA) is 93.8 Å². The van der Waals surface area contributed by atoms with Gasteiger partial charge in [-0.25, -0.2) is 4.79 Å². The van der Waals surface area contributed by atoms with Crippen LogP contribution in [0.25, 0.3) is 0 Å². The Morgan fingerprint density at radius 3 is 2.57 bits per heavy atom. The first kappa shape index (κ1) is 16.1. The summed E-state index contributed by atoms with van der Waals surface area (Å²) in [5, 5.41) is 20.3. The van der Waals surface area contributed by atoms with E-state index >= 15 is 0 Å². The van der Waals surface area contributed by atoms with E-state index < -0.39 is 36.3 Å². The van der Waals surface area contributed by atoms with E-state index in [1.54, 1.807) is 19.9 Å². The molecule has 2 rings (SSSR count). The van der Waals surface area contributed by atoms with E-state index in [9.17, 15) is 15.0 Å². The molecule has 1 aromatic heterocycles. The molecule has 21 heavy (non-hydrogen) atoms. The van der Waals surface area contributed by atoms with Crippen molar-refractivity contribution in [2.45, 2.75) is 64.4 Å². The summed E-state index contributed by atoms with van der Waals surface area (Å²) in [4.78, 5) is 15.7. The van der Waals surface area contributed by atoms with Crippen LogP contribution in [0.15, 0.2) is 17.1 Å². The van der Waals surface area contributed by atoms with Gasteiger partial charge >= 0.3 is 5.69 Å². The molecule has 0 saturated carbocycles. The van der Waals surface area contributed by atoms with Crippen LogP contribution >= 0.6 is 0 Å². The number of rotatable bonds is 4. The Morgan fingerprint density at radius 1 is 1.33 bits per heavy atom. The van der Waals surface area contributed by atoms with Gasteiger partial charge in [0, 0.05) is 11.9 Å². The molecule has 7 heteroatoms. The smallest absolute Gasteiger partial charge is 0.349 e. The maximum absolute atomic E-state index is 11.9. The zero-order valence-electron chi connectivity index (χ0n) is 12.6. The van der Waals surface area contributed by atoms with Crippen molar-refractivity contribution in [1.82, 2.24) is 9.55 Å². The predicted molar refractivity (Wildman–Crippen MR) is 74.8 cm³/mol. The van der Waals surface area contributed by atoms with Crippen LogP contribution in [0.3, 0.4) is 0 Å². The summed E-state index contributed by atoms with van der Waals surface area (Å²) in [7, 11) is 0. The molecule has 0 radical (unpaired) electrons. The second-order valence-corrected chi connectivity index (χ2v) is 5.62. The number of aliphatic hydroxyl groups is 2. The van der Waals surface area contributed by atoms with Crippen molar-refractivity contribution in [2.75, 3.05) is 0 Å². The molecule has 1 aromatic rings. The lowest BCUT2D eigenvalue weighted by Gasteiger charge is -2.24. The highest BCUT2D eigenvalue weighted by Crippen LogP contribution is 2.31. The lowest BCUT2D eigenvalue weighted by molar-refractivity contribution is -0.116. The molecule has 0 spiro atoms. The molecule has 5 atom stereocenters. The number of ether oxygens (including phenoxy) is 2. The van der Waals surface area contributed by atoms with Crippen molar-refractivity contribution < 1.29 is 19.7 Å². The lowest BCUT2D eigenvalue weighted by Crippen LogP contribution is -2.39. The van der Waals surface area contributed by atoms with Crippen LogP contribution in [0.1, 0.15) is 32.7 Å². The largest absolute Gasteiger partial charge is 0.387 e. The number of hydrogen-bond donors (Lipinski definition) is 2. The van der Waals surface area contributed by atoms with Gasteiger partial charge in [0.25, 0.3) is 0 Å². The van der Waals surface area contributed by atoms with Crippen LogP contribution < -0.4 is 5.69 Å². The molecular formula is C14H22N2O5. The molecule has 0 amide bonds. The van der Waals surface area contributed by atoms with Crippen LogP contribution in [0, 0.1) is 6.92 Å². The monoisotopic (exact) mass is 298 g/mol. The second kappa shape index (κ2) is 6.23. The normalized spacial score (nSPS) is 30.8. The highest BCUT2D eigenvalue weighted by atomic mass is 16.6. The van der Waals surface area contributed by atoms with Gasteiger partial charge in [-0.05, 0) is 33.8 Å². The van der Waals surface area contributed by atoms with Gasteiger partial charge in [0.2, 0.25) is 0 Å².